The molecule has 2 aromatic carbocycles. The van der Waals surface area contributed by atoms with Crippen LogP contribution in [0.1, 0.15) is 133 Å². The minimum absolute atomic E-state index is 0.561. The van der Waals surface area contributed by atoms with Crippen LogP contribution in [-0.4, -0.2) is 0 Å². The van der Waals surface area contributed by atoms with Gasteiger partial charge in [0.15, 0.2) is 0 Å². The topological polar surface area (TPSA) is 0 Å². The lowest BCUT2D eigenvalue weighted by atomic mass is 9.87. The average molecular weight is 445 g/mol. The van der Waals surface area contributed by atoms with Crippen LogP contribution in [0.15, 0.2) is 37.4 Å². The Kier molecular flexibility index (Phi) is 10.7. The molecule has 0 amide bonds. The van der Waals surface area contributed by atoms with Crippen LogP contribution in [0, 0.1) is 0 Å². The van der Waals surface area contributed by atoms with E-state index >= 15 is 0 Å². The monoisotopic (exact) mass is 444 g/mol. The minimum atomic E-state index is 0.561. The second-order valence-electron chi connectivity index (χ2n) is 9.46. The van der Waals surface area contributed by atoms with Crippen molar-refractivity contribution in [2.75, 3.05) is 0 Å². The van der Waals surface area contributed by atoms with Crippen LogP contribution >= 0.6 is 0 Å². The first-order chi connectivity index (χ1) is 16.0. The van der Waals surface area contributed by atoms with Crippen molar-refractivity contribution in [2.45, 2.75) is 112 Å². The molecule has 0 fully saturated rings. The summed E-state index contributed by atoms with van der Waals surface area (Å²) < 4.78 is 0. The van der Waals surface area contributed by atoms with Crippen molar-refractivity contribution in [3.05, 3.63) is 70.8 Å². The van der Waals surface area contributed by atoms with Gasteiger partial charge in [0.05, 0.1) is 0 Å². The maximum absolute atomic E-state index is 4.34. The van der Waals surface area contributed by atoms with Crippen molar-refractivity contribution in [1.29, 1.82) is 0 Å². The van der Waals surface area contributed by atoms with E-state index in [0.29, 0.717) is 5.92 Å². The van der Waals surface area contributed by atoms with Crippen LogP contribution in [0.25, 0.3) is 22.3 Å². The zero-order chi connectivity index (χ0) is 24.5. The maximum atomic E-state index is 4.34. The fourth-order valence-corrected chi connectivity index (χ4v) is 5.53. The standard InChI is InChI=1S/C28H34.C3H8.C2H6/c1-6-8-9-10-11-23-25-16-14-21(18(3)4)20(7-2)27(25)28-24-13-12-19(5)22(24)15-17-26(23)28;1-3-2;1-2/h14-17,23H,3,5-13H2,1-2,4H3;3H2,1-2H3;1-2H3. The summed E-state index contributed by atoms with van der Waals surface area (Å²) in [5, 5.41) is 0. The Labute approximate surface area is 205 Å². The lowest BCUT2D eigenvalue weighted by molar-refractivity contribution is 0.601. The molecule has 2 aliphatic rings. The summed E-state index contributed by atoms with van der Waals surface area (Å²) in [5.41, 5.74) is 14.6. The largest absolute Gasteiger partial charge is 0.0955 e. The third kappa shape index (κ3) is 5.53. The van der Waals surface area contributed by atoms with E-state index in [1.165, 1.54) is 66.4 Å². The summed E-state index contributed by atoms with van der Waals surface area (Å²) >= 11 is 0. The third-order valence-corrected chi connectivity index (χ3v) is 6.91. The van der Waals surface area contributed by atoms with E-state index in [1.807, 2.05) is 13.8 Å². The molecule has 0 nitrogen and oxygen atoms in total. The maximum Gasteiger partial charge on any atom is 0.0102 e. The highest BCUT2D eigenvalue weighted by Gasteiger charge is 2.34. The molecular weight excluding hydrogens is 396 g/mol. The Morgan fingerprint density at radius 1 is 0.879 bits per heavy atom. The molecule has 33 heavy (non-hydrogen) atoms. The summed E-state index contributed by atoms with van der Waals surface area (Å²) in [4.78, 5) is 0. The van der Waals surface area contributed by atoms with Crippen LogP contribution in [0.2, 0.25) is 0 Å². The molecule has 4 rings (SSSR count). The number of benzene rings is 2. The third-order valence-electron chi connectivity index (χ3n) is 6.91. The van der Waals surface area contributed by atoms with E-state index in [0.717, 1.165) is 19.3 Å². The lowest BCUT2D eigenvalue weighted by Gasteiger charge is -2.17. The van der Waals surface area contributed by atoms with E-state index in [1.54, 1.807) is 27.8 Å². The highest BCUT2D eigenvalue weighted by molar-refractivity contribution is 5.91. The van der Waals surface area contributed by atoms with Crippen LogP contribution in [0.5, 0.6) is 0 Å². The SMILES string of the molecule is C=C(C)c1ccc2c(c1CC)-c1c(ccc3c1CCC3=C)C2CCCCCC.CC.CCC. The number of hydrogen-bond acceptors (Lipinski definition) is 0. The number of rotatable bonds is 7. The first-order valence-electron chi connectivity index (χ1n) is 13.7. The van der Waals surface area contributed by atoms with Crippen LogP contribution in [-0.2, 0) is 12.8 Å². The number of fused-ring (bicyclic) bond motifs is 5. The van der Waals surface area contributed by atoms with Gasteiger partial charge in [-0.25, -0.2) is 0 Å². The Morgan fingerprint density at radius 2 is 1.52 bits per heavy atom. The Morgan fingerprint density at radius 3 is 2.12 bits per heavy atom. The molecule has 2 aromatic rings. The van der Waals surface area contributed by atoms with Gasteiger partial charge < -0.3 is 0 Å². The van der Waals surface area contributed by atoms with Crippen molar-refractivity contribution in [3.8, 4) is 11.1 Å². The summed E-state index contributed by atoms with van der Waals surface area (Å²) in [7, 11) is 0. The molecule has 1 unspecified atom stereocenters. The zero-order valence-electron chi connectivity index (χ0n) is 22.7. The minimum Gasteiger partial charge on any atom is -0.0955 e. The molecule has 0 saturated heterocycles. The van der Waals surface area contributed by atoms with Crippen molar-refractivity contribution < 1.29 is 0 Å². The van der Waals surface area contributed by atoms with Crippen molar-refractivity contribution in [2.24, 2.45) is 0 Å². The molecular formula is C33H48. The van der Waals surface area contributed by atoms with Gasteiger partial charge in [-0.3, -0.25) is 0 Å². The quantitative estimate of drug-likeness (QED) is 0.372. The van der Waals surface area contributed by atoms with E-state index in [9.17, 15) is 0 Å². The Hall–Kier alpha value is -2.08. The molecule has 0 spiro atoms. The molecule has 180 valence electrons. The molecule has 0 N–H and O–H groups in total. The number of hydrogen-bond donors (Lipinski definition) is 0. The molecule has 0 heterocycles. The van der Waals surface area contributed by atoms with Gasteiger partial charge in [-0.2, -0.15) is 0 Å². The Bertz CT molecular complexity index is 956. The highest BCUT2D eigenvalue weighted by atomic mass is 14.4. The first kappa shape index (κ1) is 27.2. The second kappa shape index (κ2) is 13.0. The lowest BCUT2D eigenvalue weighted by Crippen LogP contribution is -1.99. The van der Waals surface area contributed by atoms with E-state index in [2.05, 4.69) is 72.0 Å². The predicted molar refractivity (Wildman–Crippen MR) is 151 cm³/mol. The normalized spacial score (nSPS) is 15.0. The Balaban J connectivity index is 0.000000714. The van der Waals surface area contributed by atoms with Gasteiger partial charge >= 0.3 is 0 Å². The van der Waals surface area contributed by atoms with Crippen LogP contribution in [0.3, 0.4) is 0 Å². The molecule has 0 aliphatic heterocycles. The molecule has 0 heteroatoms. The van der Waals surface area contributed by atoms with Crippen molar-refractivity contribution >= 4 is 11.1 Å². The number of allylic oxidation sites excluding steroid dienone is 2. The van der Waals surface area contributed by atoms with Gasteiger partial charge in [-0.05, 0) is 82.7 Å². The van der Waals surface area contributed by atoms with Gasteiger partial charge in [-0.15, -0.1) is 0 Å². The number of unbranched alkanes of at least 4 members (excludes halogenated alkanes) is 3. The van der Waals surface area contributed by atoms with E-state index in [4.69, 9.17) is 0 Å². The predicted octanol–water partition coefficient (Wildman–Crippen LogP) is 10.8. The average Bonchev–Trinajstić information content (AvgIpc) is 3.35. The van der Waals surface area contributed by atoms with Gasteiger partial charge in [0.2, 0.25) is 0 Å². The molecule has 0 radical (unpaired) electrons. The van der Waals surface area contributed by atoms with Gasteiger partial charge in [0, 0.05) is 5.92 Å². The molecule has 1 atom stereocenters. The van der Waals surface area contributed by atoms with Crippen LogP contribution in [0.4, 0.5) is 0 Å². The summed E-state index contributed by atoms with van der Waals surface area (Å²) in [6, 6.07) is 9.54. The fourth-order valence-electron chi connectivity index (χ4n) is 5.53. The summed E-state index contributed by atoms with van der Waals surface area (Å²) in [6.45, 7) is 23.6. The van der Waals surface area contributed by atoms with Gasteiger partial charge in [0.25, 0.3) is 0 Å². The van der Waals surface area contributed by atoms with Gasteiger partial charge in [-0.1, -0.05) is 117 Å². The summed E-state index contributed by atoms with van der Waals surface area (Å²) in [5.74, 6) is 0.561. The highest BCUT2D eigenvalue weighted by Crippen LogP contribution is 2.54. The molecule has 0 saturated carbocycles. The van der Waals surface area contributed by atoms with Gasteiger partial charge in [0.1, 0.15) is 0 Å². The fraction of sp³-hybridized carbons (Fsp3) is 0.515. The van der Waals surface area contributed by atoms with Crippen molar-refractivity contribution in [1.82, 2.24) is 0 Å². The molecule has 0 bridgehead atoms. The van der Waals surface area contributed by atoms with E-state index < -0.39 is 0 Å². The van der Waals surface area contributed by atoms with E-state index in [-0.39, 0.29) is 0 Å². The smallest absolute Gasteiger partial charge is 0.0102 e. The second-order valence-corrected chi connectivity index (χ2v) is 9.46. The van der Waals surface area contributed by atoms with Crippen LogP contribution < -0.4 is 0 Å². The summed E-state index contributed by atoms with van der Waals surface area (Å²) in [6.07, 6.45) is 11.2. The molecule has 0 aromatic heterocycles. The van der Waals surface area contributed by atoms with Crippen molar-refractivity contribution in [3.63, 3.8) is 0 Å². The molecule has 2 aliphatic carbocycles. The first-order valence-corrected chi connectivity index (χ1v) is 13.7. The zero-order valence-corrected chi connectivity index (χ0v) is 22.7.